The first-order valence-corrected chi connectivity index (χ1v) is 6.82. The van der Waals surface area contributed by atoms with Crippen molar-refractivity contribution >= 4 is 0 Å². The van der Waals surface area contributed by atoms with Crippen molar-refractivity contribution in [2.45, 2.75) is 31.8 Å². The van der Waals surface area contributed by atoms with Gasteiger partial charge in [-0.15, -0.1) is 0 Å². The lowest BCUT2D eigenvalue weighted by Gasteiger charge is -2.24. The highest BCUT2D eigenvalue weighted by Crippen LogP contribution is 2.27. The van der Waals surface area contributed by atoms with Crippen LogP contribution in [0.15, 0.2) is 23.0 Å². The maximum absolute atomic E-state index is 9.99. The third-order valence-corrected chi connectivity index (χ3v) is 3.60. The number of ether oxygens (including phenoxy) is 1. The predicted octanol–water partition coefficient (Wildman–Crippen LogP) is 1.56. The quantitative estimate of drug-likeness (QED) is 0.915. The predicted molar refractivity (Wildman–Crippen MR) is 71.1 cm³/mol. The molecule has 0 amide bonds. The zero-order valence-corrected chi connectivity index (χ0v) is 11.3. The standard InChI is InChI=1S/C14H17N3O3/c1-2-9-7-15-5-3-10(9)13-16-14(20-17-13)11-8-19-6-4-12(11)18/h3,5,7,11-12,18H,2,4,6,8H2,1H3. The van der Waals surface area contributed by atoms with Gasteiger partial charge in [-0.25, -0.2) is 0 Å². The molecular weight excluding hydrogens is 258 g/mol. The molecule has 1 fully saturated rings. The molecule has 3 rings (SSSR count). The van der Waals surface area contributed by atoms with Gasteiger partial charge in [0.15, 0.2) is 0 Å². The minimum absolute atomic E-state index is 0.239. The van der Waals surface area contributed by atoms with Crippen LogP contribution in [0.4, 0.5) is 0 Å². The van der Waals surface area contributed by atoms with Crippen LogP contribution in [0.1, 0.15) is 30.7 Å². The van der Waals surface area contributed by atoms with Crippen molar-refractivity contribution in [3.63, 3.8) is 0 Å². The molecule has 0 spiro atoms. The summed E-state index contributed by atoms with van der Waals surface area (Å²) >= 11 is 0. The molecular formula is C14H17N3O3. The third-order valence-electron chi connectivity index (χ3n) is 3.60. The Balaban J connectivity index is 1.90. The fourth-order valence-electron chi connectivity index (χ4n) is 2.38. The van der Waals surface area contributed by atoms with E-state index < -0.39 is 6.10 Å². The molecule has 1 aliphatic heterocycles. The Kier molecular flexibility index (Phi) is 3.75. The molecule has 2 aromatic rings. The van der Waals surface area contributed by atoms with E-state index in [9.17, 15) is 5.11 Å². The van der Waals surface area contributed by atoms with Gasteiger partial charge in [0.25, 0.3) is 0 Å². The highest BCUT2D eigenvalue weighted by atomic mass is 16.5. The first-order valence-electron chi connectivity index (χ1n) is 6.82. The van der Waals surface area contributed by atoms with Crippen LogP contribution in [-0.2, 0) is 11.2 Å². The fraction of sp³-hybridized carbons (Fsp3) is 0.500. The van der Waals surface area contributed by atoms with Gasteiger partial charge in [0, 0.05) is 24.6 Å². The van der Waals surface area contributed by atoms with Crippen LogP contribution in [0.2, 0.25) is 0 Å². The highest BCUT2D eigenvalue weighted by molar-refractivity contribution is 5.58. The van der Waals surface area contributed by atoms with Crippen LogP contribution < -0.4 is 0 Å². The van der Waals surface area contributed by atoms with Crippen molar-refractivity contribution in [3.8, 4) is 11.4 Å². The van der Waals surface area contributed by atoms with Gasteiger partial charge in [0.1, 0.15) is 0 Å². The second-order valence-electron chi connectivity index (χ2n) is 4.88. The Bertz CT molecular complexity index is 585. The molecule has 0 aliphatic carbocycles. The van der Waals surface area contributed by atoms with Gasteiger partial charge < -0.3 is 14.4 Å². The van der Waals surface area contributed by atoms with Gasteiger partial charge in [0.2, 0.25) is 11.7 Å². The van der Waals surface area contributed by atoms with Gasteiger partial charge in [-0.1, -0.05) is 12.1 Å². The molecule has 3 heterocycles. The molecule has 0 bridgehead atoms. The van der Waals surface area contributed by atoms with Gasteiger partial charge in [-0.05, 0) is 24.5 Å². The summed E-state index contributed by atoms with van der Waals surface area (Å²) in [6, 6.07) is 1.88. The smallest absolute Gasteiger partial charge is 0.235 e. The van der Waals surface area contributed by atoms with E-state index in [-0.39, 0.29) is 5.92 Å². The average molecular weight is 275 g/mol. The third kappa shape index (κ3) is 2.44. The minimum Gasteiger partial charge on any atom is -0.392 e. The van der Waals surface area contributed by atoms with E-state index in [1.54, 1.807) is 6.20 Å². The topological polar surface area (TPSA) is 81.3 Å². The lowest BCUT2D eigenvalue weighted by Crippen LogP contribution is -2.30. The highest BCUT2D eigenvalue weighted by Gasteiger charge is 2.30. The normalized spacial score (nSPS) is 22.9. The molecule has 1 N–H and O–H groups in total. The Labute approximate surface area is 116 Å². The van der Waals surface area contributed by atoms with Crippen LogP contribution in [0, 0.1) is 0 Å². The van der Waals surface area contributed by atoms with Gasteiger partial charge in [-0.2, -0.15) is 4.98 Å². The maximum atomic E-state index is 9.99. The number of aryl methyl sites for hydroxylation is 1. The van der Waals surface area contributed by atoms with Crippen LogP contribution in [0.25, 0.3) is 11.4 Å². The van der Waals surface area contributed by atoms with Crippen molar-refractivity contribution in [2.24, 2.45) is 0 Å². The summed E-state index contributed by atoms with van der Waals surface area (Å²) in [5, 5.41) is 14.0. The number of rotatable bonds is 3. The number of pyridine rings is 1. The summed E-state index contributed by atoms with van der Waals surface area (Å²) in [7, 11) is 0. The number of aliphatic hydroxyl groups is 1. The number of hydrogen-bond donors (Lipinski definition) is 1. The van der Waals surface area contributed by atoms with Gasteiger partial charge in [0.05, 0.1) is 18.6 Å². The van der Waals surface area contributed by atoms with E-state index in [1.807, 2.05) is 12.3 Å². The minimum atomic E-state index is -0.486. The Hall–Kier alpha value is -1.79. The van der Waals surface area contributed by atoms with Crippen molar-refractivity contribution in [3.05, 3.63) is 29.9 Å². The number of nitrogens with zero attached hydrogens (tertiary/aromatic N) is 3. The lowest BCUT2D eigenvalue weighted by atomic mass is 9.99. The van der Waals surface area contributed by atoms with E-state index in [0.29, 0.717) is 31.3 Å². The summed E-state index contributed by atoms with van der Waals surface area (Å²) < 4.78 is 10.7. The largest absolute Gasteiger partial charge is 0.392 e. The Morgan fingerprint density at radius 1 is 1.45 bits per heavy atom. The van der Waals surface area contributed by atoms with E-state index in [0.717, 1.165) is 17.5 Å². The van der Waals surface area contributed by atoms with E-state index in [4.69, 9.17) is 9.26 Å². The molecule has 1 saturated heterocycles. The van der Waals surface area contributed by atoms with E-state index >= 15 is 0 Å². The van der Waals surface area contributed by atoms with Gasteiger partial charge in [-0.3, -0.25) is 4.98 Å². The molecule has 0 saturated carbocycles. The molecule has 0 radical (unpaired) electrons. The molecule has 6 nitrogen and oxygen atoms in total. The second-order valence-corrected chi connectivity index (χ2v) is 4.88. The fourth-order valence-corrected chi connectivity index (χ4v) is 2.38. The molecule has 6 heteroatoms. The summed E-state index contributed by atoms with van der Waals surface area (Å²) in [5.74, 6) is 0.736. The van der Waals surface area contributed by atoms with E-state index in [2.05, 4.69) is 22.0 Å². The number of aliphatic hydroxyl groups excluding tert-OH is 1. The summed E-state index contributed by atoms with van der Waals surface area (Å²) in [4.78, 5) is 8.52. The molecule has 106 valence electrons. The van der Waals surface area contributed by atoms with Crippen molar-refractivity contribution < 1.29 is 14.4 Å². The van der Waals surface area contributed by atoms with Crippen LogP contribution in [0.5, 0.6) is 0 Å². The van der Waals surface area contributed by atoms with Crippen LogP contribution in [-0.4, -0.2) is 39.5 Å². The maximum Gasteiger partial charge on any atom is 0.235 e. The lowest BCUT2D eigenvalue weighted by molar-refractivity contribution is -0.0149. The monoisotopic (exact) mass is 275 g/mol. The summed E-state index contributed by atoms with van der Waals surface area (Å²) in [6.45, 7) is 3.04. The molecule has 0 aromatic carbocycles. The zero-order chi connectivity index (χ0) is 13.9. The van der Waals surface area contributed by atoms with Crippen molar-refractivity contribution in [1.29, 1.82) is 0 Å². The zero-order valence-electron chi connectivity index (χ0n) is 11.3. The Morgan fingerprint density at radius 2 is 2.35 bits per heavy atom. The van der Waals surface area contributed by atoms with Crippen LogP contribution >= 0.6 is 0 Å². The van der Waals surface area contributed by atoms with Crippen LogP contribution in [0.3, 0.4) is 0 Å². The molecule has 2 atom stereocenters. The Morgan fingerprint density at radius 3 is 3.15 bits per heavy atom. The average Bonchev–Trinajstić information content (AvgIpc) is 2.97. The summed E-state index contributed by atoms with van der Waals surface area (Å²) in [5.41, 5.74) is 1.99. The van der Waals surface area contributed by atoms with E-state index in [1.165, 1.54) is 0 Å². The summed E-state index contributed by atoms with van der Waals surface area (Å²) in [6.07, 6.45) is 4.48. The van der Waals surface area contributed by atoms with Crippen molar-refractivity contribution in [2.75, 3.05) is 13.2 Å². The first kappa shape index (κ1) is 13.2. The SMILES string of the molecule is CCc1cnccc1-c1noc(C2COCCC2O)n1. The second kappa shape index (κ2) is 5.68. The molecule has 1 aliphatic rings. The molecule has 20 heavy (non-hydrogen) atoms. The number of aromatic nitrogens is 3. The first-order chi connectivity index (χ1) is 9.79. The van der Waals surface area contributed by atoms with Crippen molar-refractivity contribution in [1.82, 2.24) is 15.1 Å². The molecule has 2 aromatic heterocycles. The number of hydrogen-bond acceptors (Lipinski definition) is 6. The molecule has 2 unspecified atom stereocenters. The van der Waals surface area contributed by atoms with Gasteiger partial charge >= 0.3 is 0 Å².